The Kier molecular flexibility index (Phi) is 7.95. The van der Waals surface area contributed by atoms with Crippen LogP contribution in [0.3, 0.4) is 0 Å². The number of anilines is 1. The summed E-state index contributed by atoms with van der Waals surface area (Å²) >= 11 is 2.28. The molecule has 15 nitrogen and oxygen atoms in total. The molecule has 0 spiro atoms. The highest BCUT2D eigenvalue weighted by molar-refractivity contribution is 8.00. The zero-order valence-electron chi connectivity index (χ0n) is 21.8. The zero-order chi connectivity index (χ0) is 30.1. The van der Waals surface area contributed by atoms with E-state index in [1.54, 1.807) is 34.0 Å². The lowest BCUT2D eigenvalue weighted by Crippen LogP contribution is -2.71. The van der Waals surface area contributed by atoms with E-state index in [0.717, 1.165) is 21.8 Å². The first kappa shape index (κ1) is 28.7. The molecule has 3 aliphatic rings. The lowest BCUT2D eigenvalue weighted by molar-refractivity contribution is -0.684. The predicted molar refractivity (Wildman–Crippen MR) is 148 cm³/mol. The molecule has 2 aromatic rings. The number of β-lactam (4-membered cyclic amide) rings is 1. The number of primary amides is 1. The maximum absolute atomic E-state index is 13.1. The summed E-state index contributed by atoms with van der Waals surface area (Å²) in [6.07, 6.45) is 5.32. The number of carbonyl (C=O) groups excluding carboxylic acids is 4. The Hall–Kier alpha value is -4.77. The quantitative estimate of drug-likeness (QED) is 0.0565. The summed E-state index contributed by atoms with van der Waals surface area (Å²) < 4.78 is 1.63. The smallest absolute Gasteiger partial charge is 0.352 e. The number of nitrogens with one attached hydrogen (secondary N) is 1. The van der Waals surface area contributed by atoms with E-state index in [2.05, 4.69) is 15.5 Å². The number of thiazole rings is 1. The number of nitrogen functional groups attached to an aromatic ring is 1. The van der Waals surface area contributed by atoms with E-state index in [0.29, 0.717) is 30.7 Å². The average molecular weight is 614 g/mol. The van der Waals surface area contributed by atoms with Gasteiger partial charge in [0, 0.05) is 41.9 Å². The second-order valence-electron chi connectivity index (χ2n) is 9.55. The molecule has 7 N–H and O–H groups in total. The first-order valence-corrected chi connectivity index (χ1v) is 14.4. The average Bonchev–Trinajstić information content (AvgIpc) is 3.53. The van der Waals surface area contributed by atoms with Crippen LogP contribution in [-0.2, 0) is 37.1 Å². The molecule has 0 radical (unpaired) electrons. The van der Waals surface area contributed by atoms with Gasteiger partial charge in [-0.2, -0.15) is 4.57 Å². The Morgan fingerprint density at radius 2 is 2.00 bits per heavy atom. The summed E-state index contributed by atoms with van der Waals surface area (Å²) in [7, 11) is 0. The number of rotatable bonds is 9. The van der Waals surface area contributed by atoms with Crippen molar-refractivity contribution < 1.29 is 38.9 Å². The van der Waals surface area contributed by atoms with Crippen molar-refractivity contribution in [1.29, 1.82) is 0 Å². The van der Waals surface area contributed by atoms with Crippen LogP contribution in [0, 0.1) is 0 Å². The SMILES string of the molecule is NC(=O)C[n+]1ccc(CN2CCC(=CC3=C(C(=O)O)N4C(=O)[C@@H](NC(=O)/C(=N\O)c5csc(N)n5)[C@H]4SC3)C2=O)cc1. The molecule has 17 heteroatoms. The first-order chi connectivity index (χ1) is 20.1. The number of pyridine rings is 1. The molecule has 0 bridgehead atoms. The highest BCUT2D eigenvalue weighted by atomic mass is 32.2. The van der Waals surface area contributed by atoms with Gasteiger partial charge in [0.1, 0.15) is 22.8 Å². The second-order valence-corrected chi connectivity index (χ2v) is 11.5. The van der Waals surface area contributed by atoms with Gasteiger partial charge in [0.2, 0.25) is 12.5 Å². The van der Waals surface area contributed by atoms with Crippen molar-refractivity contribution in [2.45, 2.75) is 30.9 Å². The number of likely N-dealkylation sites (tertiary alicyclic amines) is 1. The number of carboxylic acid groups (broad SMARTS) is 1. The number of hydrogen-bond acceptors (Lipinski definition) is 11. The third-order valence-electron chi connectivity index (χ3n) is 6.80. The summed E-state index contributed by atoms with van der Waals surface area (Å²) in [5.74, 6) is -3.39. The number of nitrogens with zero attached hydrogens (tertiary/aromatic N) is 5. The first-order valence-electron chi connectivity index (χ1n) is 12.5. The molecular weight excluding hydrogens is 588 g/mol. The van der Waals surface area contributed by atoms with Gasteiger partial charge in [-0.3, -0.25) is 24.1 Å². The third kappa shape index (κ3) is 5.55. The number of nitrogens with two attached hydrogens (primary N) is 2. The minimum absolute atomic E-state index is 0.0340. The van der Waals surface area contributed by atoms with Crippen molar-refractivity contribution in [2.75, 3.05) is 18.0 Å². The molecule has 2 aromatic heterocycles. The van der Waals surface area contributed by atoms with Gasteiger partial charge in [0.25, 0.3) is 17.7 Å². The molecule has 42 heavy (non-hydrogen) atoms. The zero-order valence-corrected chi connectivity index (χ0v) is 23.4. The number of aliphatic carboxylic acids is 1. The molecule has 0 aliphatic carbocycles. The molecule has 5 rings (SSSR count). The van der Waals surface area contributed by atoms with Crippen LogP contribution in [0.4, 0.5) is 5.13 Å². The normalized spacial score (nSPS) is 21.4. The number of thioether (sulfide) groups is 1. The maximum Gasteiger partial charge on any atom is 0.352 e. The fourth-order valence-electron chi connectivity index (χ4n) is 4.83. The van der Waals surface area contributed by atoms with E-state index in [1.165, 1.54) is 23.2 Å². The fourth-order valence-corrected chi connectivity index (χ4v) is 6.69. The minimum atomic E-state index is -1.34. The molecule has 0 aromatic carbocycles. The van der Waals surface area contributed by atoms with Gasteiger partial charge in [-0.1, -0.05) is 5.16 Å². The number of fused-ring (bicyclic) bond motifs is 1. The van der Waals surface area contributed by atoms with Gasteiger partial charge in [-0.15, -0.1) is 23.1 Å². The summed E-state index contributed by atoms with van der Waals surface area (Å²) in [5.41, 5.74) is 11.7. The Balaban J connectivity index is 1.28. The van der Waals surface area contributed by atoms with Gasteiger partial charge < -0.3 is 32.0 Å². The van der Waals surface area contributed by atoms with Gasteiger partial charge in [-0.05, 0) is 23.6 Å². The highest BCUT2D eigenvalue weighted by Crippen LogP contribution is 2.41. The van der Waals surface area contributed by atoms with Crippen molar-refractivity contribution in [3.05, 3.63) is 64.1 Å². The van der Waals surface area contributed by atoms with E-state index in [4.69, 9.17) is 11.5 Å². The van der Waals surface area contributed by atoms with Crippen LogP contribution in [0.2, 0.25) is 0 Å². The van der Waals surface area contributed by atoms with Gasteiger partial charge in [0.15, 0.2) is 23.2 Å². The molecule has 2 saturated heterocycles. The minimum Gasteiger partial charge on any atom is -0.477 e. The predicted octanol–water partition coefficient (Wildman–Crippen LogP) is -1.23. The van der Waals surface area contributed by atoms with E-state index >= 15 is 0 Å². The standard InChI is InChI=1S/C25H24N8O7S2/c26-16(34)9-31-4-1-12(2-5-31)8-32-6-3-13(21(32)36)7-14-10-41-23-18(22(37)33(23)19(14)24(38)39)29-20(35)17(30-40)15-11-42-25(27)28-15/h1-2,4-5,7,11,18,23H,3,6,8-10H2,(H6-,26,27,28,29,34,35,38,39,40)/p+1/t18-,23-/m1/s1. The molecule has 3 aliphatic heterocycles. The van der Waals surface area contributed by atoms with E-state index in [-0.39, 0.29) is 34.7 Å². The molecule has 0 unspecified atom stereocenters. The molecule has 0 saturated carbocycles. The van der Waals surface area contributed by atoms with Crippen molar-refractivity contribution >= 4 is 63.5 Å². The molecule has 218 valence electrons. The number of allylic oxidation sites excluding steroid dienone is 1. The molecule has 2 fully saturated rings. The van der Waals surface area contributed by atoms with Gasteiger partial charge in [0.05, 0.1) is 0 Å². The summed E-state index contributed by atoms with van der Waals surface area (Å²) in [4.78, 5) is 68.8. The largest absolute Gasteiger partial charge is 0.477 e. The van der Waals surface area contributed by atoms with Crippen LogP contribution in [0.1, 0.15) is 17.7 Å². The highest BCUT2D eigenvalue weighted by Gasteiger charge is 2.54. The monoisotopic (exact) mass is 613 g/mol. The number of carboxylic acids is 1. The lowest BCUT2D eigenvalue weighted by atomic mass is 10.0. The number of hydrogen-bond donors (Lipinski definition) is 5. The summed E-state index contributed by atoms with van der Waals surface area (Å²) in [6.45, 7) is 0.804. The Labute approximate surface area is 246 Å². The van der Waals surface area contributed by atoms with E-state index < -0.39 is 40.8 Å². The number of amides is 4. The van der Waals surface area contributed by atoms with Crippen LogP contribution in [0.25, 0.3) is 0 Å². The van der Waals surface area contributed by atoms with Crippen molar-refractivity contribution in [1.82, 2.24) is 20.1 Å². The number of aromatic nitrogens is 2. The topological polar surface area (TPSA) is 225 Å². The summed E-state index contributed by atoms with van der Waals surface area (Å²) in [6, 6.07) is 2.51. The van der Waals surface area contributed by atoms with E-state index in [9.17, 15) is 34.3 Å². The van der Waals surface area contributed by atoms with Gasteiger partial charge >= 0.3 is 5.97 Å². The Morgan fingerprint density at radius 1 is 1.26 bits per heavy atom. The fraction of sp³-hybridized carbons (Fsp3) is 0.280. The Bertz CT molecular complexity index is 1580. The van der Waals surface area contributed by atoms with Crippen LogP contribution >= 0.6 is 23.1 Å². The number of oxime groups is 1. The third-order valence-corrected chi connectivity index (χ3v) is 8.78. The van der Waals surface area contributed by atoms with Crippen molar-refractivity contribution in [3.8, 4) is 0 Å². The molecule has 4 amide bonds. The summed E-state index contributed by atoms with van der Waals surface area (Å²) in [5, 5.41) is 25.6. The van der Waals surface area contributed by atoms with Crippen LogP contribution in [0.5, 0.6) is 0 Å². The van der Waals surface area contributed by atoms with Gasteiger partial charge in [-0.25, -0.2) is 9.78 Å². The van der Waals surface area contributed by atoms with Crippen molar-refractivity contribution in [2.24, 2.45) is 10.9 Å². The van der Waals surface area contributed by atoms with Crippen LogP contribution in [-0.4, -0.2) is 84.1 Å². The van der Waals surface area contributed by atoms with Crippen LogP contribution in [0.15, 0.2) is 58.0 Å². The molecule has 2 atom stereocenters. The second kappa shape index (κ2) is 11.6. The Morgan fingerprint density at radius 3 is 2.62 bits per heavy atom. The lowest BCUT2D eigenvalue weighted by Gasteiger charge is -2.49. The van der Waals surface area contributed by atoms with Crippen molar-refractivity contribution in [3.63, 3.8) is 0 Å². The number of carbonyl (C=O) groups is 5. The maximum atomic E-state index is 13.1. The van der Waals surface area contributed by atoms with E-state index in [1.807, 2.05) is 0 Å². The van der Waals surface area contributed by atoms with Crippen LogP contribution < -0.4 is 21.4 Å². The molecular formula is C25H25N8O7S2+. The molecule has 5 heterocycles.